The Bertz CT molecular complexity index is 1740. The first-order chi connectivity index (χ1) is 18.5. The van der Waals surface area contributed by atoms with Crippen LogP contribution in [0, 0.1) is 0 Å². The van der Waals surface area contributed by atoms with E-state index in [2.05, 4.69) is 54.6 Å². The number of hydrogen-bond donors (Lipinski definition) is 4. The van der Waals surface area contributed by atoms with E-state index in [0.717, 1.165) is 43.3 Å². The molecule has 2 aliphatic heterocycles. The topological polar surface area (TPSA) is 119 Å². The van der Waals surface area contributed by atoms with Gasteiger partial charge in [0.15, 0.2) is 6.23 Å². The van der Waals surface area contributed by atoms with Crippen molar-refractivity contribution in [1.29, 1.82) is 0 Å². The maximum Gasteiger partial charge on any atom is 0.328 e. The van der Waals surface area contributed by atoms with E-state index in [1.807, 2.05) is 12.1 Å². The van der Waals surface area contributed by atoms with Gasteiger partial charge in [-0.2, -0.15) is 0 Å². The van der Waals surface area contributed by atoms with Crippen molar-refractivity contribution < 1.29 is 24.9 Å². The number of urea groups is 1. The van der Waals surface area contributed by atoms with E-state index in [4.69, 9.17) is 10.5 Å². The maximum atomic E-state index is 13.8. The van der Waals surface area contributed by atoms with Crippen molar-refractivity contribution in [3.8, 4) is 0 Å². The van der Waals surface area contributed by atoms with Crippen LogP contribution < -0.4 is 5.73 Å². The van der Waals surface area contributed by atoms with E-state index in [9.17, 15) is 20.1 Å². The van der Waals surface area contributed by atoms with Crippen molar-refractivity contribution in [2.24, 2.45) is 5.73 Å². The molecule has 2 heterocycles. The van der Waals surface area contributed by atoms with E-state index in [1.165, 1.54) is 15.2 Å². The van der Waals surface area contributed by atoms with Crippen molar-refractivity contribution in [2.75, 3.05) is 13.2 Å². The molecule has 8 nitrogen and oxygen atoms in total. The zero-order chi connectivity index (χ0) is 26.1. The molecule has 5 N–H and O–H groups in total. The monoisotopic (exact) mass is 545 g/mol. The highest BCUT2D eigenvalue weighted by molar-refractivity contribution is 6.30. The highest BCUT2D eigenvalue weighted by Crippen LogP contribution is 2.41. The standard InChI is InChI=1S/C30H27N3O5.ClH/c31-24-12-13-32(29-28(36)27(35)23(15-34)38-29)30(37)33(24)14-22-19-7-2-1-6-18(19)20-10-8-16-4-3-5-17-9-11-21(22)26(20)25(16)17;/h1-12,23,27-29,34-36H,13-15,31H2;1H/t23-,27-,28-,29-;/m1./s1. The third-order valence-corrected chi connectivity index (χ3v) is 8.07. The van der Waals surface area contributed by atoms with Gasteiger partial charge in [-0.25, -0.2) is 4.79 Å². The van der Waals surface area contributed by atoms with Crippen molar-refractivity contribution in [3.63, 3.8) is 0 Å². The van der Waals surface area contributed by atoms with Crippen LogP contribution in [0.5, 0.6) is 0 Å². The van der Waals surface area contributed by atoms with Gasteiger partial charge in [0.1, 0.15) is 24.1 Å². The number of nitrogens with zero attached hydrogens (tertiary/aromatic N) is 2. The molecule has 5 aromatic rings. The molecule has 1 saturated heterocycles. The predicted octanol–water partition coefficient (Wildman–Crippen LogP) is 3.64. The molecule has 0 spiro atoms. The largest absolute Gasteiger partial charge is 0.394 e. The van der Waals surface area contributed by atoms with Gasteiger partial charge in [0.2, 0.25) is 0 Å². The van der Waals surface area contributed by atoms with E-state index in [1.54, 1.807) is 6.08 Å². The Hall–Kier alpha value is -3.66. The Balaban J connectivity index is 0.00000277. The van der Waals surface area contributed by atoms with Crippen LogP contribution in [0.1, 0.15) is 5.56 Å². The summed E-state index contributed by atoms with van der Waals surface area (Å²) >= 11 is 0. The minimum absolute atomic E-state index is 0. The zero-order valence-corrected chi connectivity index (χ0v) is 21.7. The van der Waals surface area contributed by atoms with Gasteiger partial charge >= 0.3 is 6.03 Å². The van der Waals surface area contributed by atoms with Gasteiger partial charge in [-0.3, -0.25) is 9.80 Å². The van der Waals surface area contributed by atoms with Gasteiger partial charge in [-0.1, -0.05) is 66.7 Å². The molecular formula is C30H28ClN3O5. The molecule has 0 radical (unpaired) electrons. The molecule has 0 unspecified atom stereocenters. The Morgan fingerprint density at radius 2 is 1.54 bits per heavy atom. The van der Waals surface area contributed by atoms with E-state index < -0.39 is 37.2 Å². The molecule has 9 heteroatoms. The first-order valence-electron chi connectivity index (χ1n) is 12.7. The third kappa shape index (κ3) is 3.71. The highest BCUT2D eigenvalue weighted by atomic mass is 35.5. The molecule has 4 atom stereocenters. The molecule has 5 aromatic carbocycles. The van der Waals surface area contributed by atoms with Gasteiger partial charge in [-0.05, 0) is 54.7 Å². The van der Waals surface area contributed by atoms with Crippen molar-refractivity contribution >= 4 is 61.5 Å². The number of amides is 2. The first-order valence-corrected chi connectivity index (χ1v) is 12.7. The summed E-state index contributed by atoms with van der Waals surface area (Å²) in [5, 5.41) is 39.3. The summed E-state index contributed by atoms with van der Waals surface area (Å²) in [5.41, 5.74) is 7.34. The van der Waals surface area contributed by atoms with Crippen LogP contribution in [0.15, 0.2) is 78.6 Å². The number of hydrogen-bond acceptors (Lipinski definition) is 6. The van der Waals surface area contributed by atoms with Crippen LogP contribution in [-0.2, 0) is 11.3 Å². The summed E-state index contributed by atoms with van der Waals surface area (Å²) in [6, 6.07) is 22.6. The molecular weight excluding hydrogens is 518 g/mol. The fraction of sp³-hybridized carbons (Fsp3) is 0.233. The quantitative estimate of drug-likeness (QED) is 0.202. The lowest BCUT2D eigenvalue weighted by Crippen LogP contribution is -2.55. The lowest BCUT2D eigenvalue weighted by Gasteiger charge is -2.38. The molecule has 1 fully saturated rings. The minimum atomic E-state index is -1.35. The number of carbonyl (C=O) groups excluding carboxylic acids is 1. The number of aliphatic hydroxyl groups excluding tert-OH is 3. The molecule has 200 valence electrons. The van der Waals surface area contributed by atoms with E-state index >= 15 is 0 Å². The SMILES string of the molecule is Cl.NC1=CCN([C@@H]2O[C@H](CO)[C@@H](O)[C@H]2O)C(=O)N1Cc1c2ccccc2c2ccc3cccc4ccc1c2c43. The van der Waals surface area contributed by atoms with Crippen LogP contribution >= 0.6 is 12.4 Å². The third-order valence-electron chi connectivity index (χ3n) is 8.07. The van der Waals surface area contributed by atoms with Crippen LogP contribution in [0.3, 0.4) is 0 Å². The fourth-order valence-corrected chi connectivity index (χ4v) is 6.17. The lowest BCUT2D eigenvalue weighted by molar-refractivity contribution is -0.0812. The molecule has 0 bridgehead atoms. The van der Waals surface area contributed by atoms with Gasteiger partial charge in [0.05, 0.1) is 13.2 Å². The number of nitrogens with two attached hydrogens (primary N) is 1. The van der Waals surface area contributed by atoms with Crippen molar-refractivity contribution in [2.45, 2.75) is 31.1 Å². The van der Waals surface area contributed by atoms with E-state index in [0.29, 0.717) is 5.82 Å². The van der Waals surface area contributed by atoms with Gasteiger partial charge in [0.25, 0.3) is 0 Å². The number of benzene rings is 5. The number of ether oxygens (including phenoxy) is 1. The minimum Gasteiger partial charge on any atom is -0.394 e. The fourth-order valence-electron chi connectivity index (χ4n) is 6.17. The van der Waals surface area contributed by atoms with Gasteiger partial charge in [0, 0.05) is 6.54 Å². The summed E-state index contributed by atoms with van der Waals surface area (Å²) in [4.78, 5) is 16.6. The Morgan fingerprint density at radius 1 is 0.846 bits per heavy atom. The molecule has 2 aliphatic rings. The molecule has 2 amide bonds. The van der Waals surface area contributed by atoms with Crippen LogP contribution in [-0.4, -0.2) is 68.8 Å². The maximum absolute atomic E-state index is 13.8. The first kappa shape index (κ1) is 25.6. The van der Waals surface area contributed by atoms with Gasteiger partial charge < -0.3 is 25.8 Å². The highest BCUT2D eigenvalue weighted by Gasteiger charge is 2.48. The second-order valence-corrected chi connectivity index (χ2v) is 10.1. The number of rotatable bonds is 4. The number of aliphatic hydroxyl groups is 3. The summed E-state index contributed by atoms with van der Waals surface area (Å²) in [6.07, 6.45) is -3.01. The molecule has 0 saturated carbocycles. The van der Waals surface area contributed by atoms with Crippen LogP contribution in [0.2, 0.25) is 0 Å². The van der Waals surface area contributed by atoms with Crippen molar-refractivity contribution in [3.05, 3.63) is 84.2 Å². The molecule has 7 rings (SSSR count). The average Bonchev–Trinajstić information content (AvgIpc) is 3.23. The van der Waals surface area contributed by atoms with Crippen LogP contribution in [0.25, 0.3) is 43.1 Å². The normalized spacial score (nSPS) is 23.8. The second kappa shape index (κ2) is 9.51. The zero-order valence-electron chi connectivity index (χ0n) is 20.9. The average molecular weight is 546 g/mol. The Morgan fingerprint density at radius 3 is 2.23 bits per heavy atom. The number of fused-ring (bicyclic) bond motifs is 2. The second-order valence-electron chi connectivity index (χ2n) is 10.1. The Kier molecular flexibility index (Phi) is 6.25. The Labute approximate surface area is 230 Å². The summed E-state index contributed by atoms with van der Waals surface area (Å²) < 4.78 is 5.65. The van der Waals surface area contributed by atoms with Crippen molar-refractivity contribution in [1.82, 2.24) is 9.80 Å². The predicted molar refractivity (Wildman–Crippen MR) is 153 cm³/mol. The molecule has 0 aliphatic carbocycles. The summed E-state index contributed by atoms with van der Waals surface area (Å²) in [5.74, 6) is 0.313. The van der Waals surface area contributed by atoms with E-state index in [-0.39, 0.29) is 25.5 Å². The smallest absolute Gasteiger partial charge is 0.328 e. The summed E-state index contributed by atoms with van der Waals surface area (Å²) in [6.45, 7) is -0.138. The number of carbonyl (C=O) groups is 1. The molecule has 39 heavy (non-hydrogen) atoms. The number of halogens is 1. The summed E-state index contributed by atoms with van der Waals surface area (Å²) in [7, 11) is 0. The van der Waals surface area contributed by atoms with Gasteiger partial charge in [-0.15, -0.1) is 12.4 Å². The lowest BCUT2D eigenvalue weighted by atomic mass is 9.87. The van der Waals surface area contributed by atoms with Crippen LogP contribution in [0.4, 0.5) is 4.79 Å². The molecule has 0 aromatic heterocycles.